The molecule has 0 N–H and O–H groups in total. The predicted octanol–water partition coefficient (Wildman–Crippen LogP) is 4.08. The van der Waals surface area contributed by atoms with E-state index < -0.39 is 0 Å². The van der Waals surface area contributed by atoms with E-state index in [1.165, 1.54) is 54.5 Å². The van der Waals surface area contributed by atoms with E-state index >= 15 is 0 Å². The molecule has 0 atom stereocenters. The van der Waals surface area contributed by atoms with Crippen molar-refractivity contribution >= 4 is 29.1 Å². The highest BCUT2D eigenvalue weighted by Crippen LogP contribution is 2.32. The Morgan fingerprint density at radius 1 is 1.24 bits per heavy atom. The molecule has 0 amide bonds. The monoisotopic (exact) mass is 270 g/mol. The first kappa shape index (κ1) is 13.2. The molecule has 17 heavy (non-hydrogen) atoms. The predicted molar refractivity (Wildman–Crippen MR) is 79.6 cm³/mol. The Morgan fingerprint density at radius 3 is 2.35 bits per heavy atom. The van der Waals surface area contributed by atoms with Gasteiger partial charge in [0.15, 0.2) is 5.13 Å². The summed E-state index contributed by atoms with van der Waals surface area (Å²) in [7, 11) is 0. The molecule has 96 valence electrons. The SMILES string of the molecule is CC(C)c1nc(N2CCCCCC2)sc1CS. The van der Waals surface area contributed by atoms with Gasteiger partial charge in [0.2, 0.25) is 0 Å². The molecule has 0 unspecified atom stereocenters. The molecule has 1 aliphatic heterocycles. The lowest BCUT2D eigenvalue weighted by molar-refractivity contribution is 0.726. The zero-order valence-corrected chi connectivity index (χ0v) is 12.5. The molecule has 0 aromatic carbocycles. The second kappa shape index (κ2) is 6.10. The third kappa shape index (κ3) is 3.16. The highest BCUT2D eigenvalue weighted by atomic mass is 32.1. The summed E-state index contributed by atoms with van der Waals surface area (Å²) >= 11 is 6.27. The van der Waals surface area contributed by atoms with Gasteiger partial charge in [-0.1, -0.05) is 26.7 Å². The van der Waals surface area contributed by atoms with Crippen LogP contribution < -0.4 is 4.90 Å². The van der Waals surface area contributed by atoms with E-state index in [1.54, 1.807) is 0 Å². The maximum Gasteiger partial charge on any atom is 0.185 e. The van der Waals surface area contributed by atoms with Gasteiger partial charge in [-0.25, -0.2) is 4.98 Å². The summed E-state index contributed by atoms with van der Waals surface area (Å²) in [4.78, 5) is 8.66. The first-order chi connectivity index (χ1) is 8.22. The van der Waals surface area contributed by atoms with Gasteiger partial charge in [0.05, 0.1) is 5.69 Å². The third-order valence-electron chi connectivity index (χ3n) is 3.28. The van der Waals surface area contributed by atoms with Gasteiger partial charge in [0, 0.05) is 23.7 Å². The molecule has 4 heteroatoms. The van der Waals surface area contributed by atoms with Crippen molar-refractivity contribution in [2.24, 2.45) is 0 Å². The van der Waals surface area contributed by atoms with Crippen LogP contribution in [-0.4, -0.2) is 18.1 Å². The molecule has 1 aliphatic rings. The molecule has 1 fully saturated rings. The fraction of sp³-hybridized carbons (Fsp3) is 0.769. The van der Waals surface area contributed by atoms with Crippen molar-refractivity contribution < 1.29 is 0 Å². The van der Waals surface area contributed by atoms with Crippen LogP contribution in [0.15, 0.2) is 0 Å². The number of thiol groups is 1. The topological polar surface area (TPSA) is 16.1 Å². The van der Waals surface area contributed by atoms with Crippen LogP contribution in [0.3, 0.4) is 0 Å². The highest BCUT2D eigenvalue weighted by Gasteiger charge is 2.18. The molecular weight excluding hydrogens is 248 g/mol. The van der Waals surface area contributed by atoms with Gasteiger partial charge in [0.25, 0.3) is 0 Å². The number of rotatable bonds is 3. The Labute approximate surface area is 114 Å². The van der Waals surface area contributed by atoms with Crippen molar-refractivity contribution in [2.45, 2.75) is 51.2 Å². The Balaban J connectivity index is 2.19. The molecule has 2 heterocycles. The van der Waals surface area contributed by atoms with E-state index in [0.717, 1.165) is 5.75 Å². The molecular formula is C13H22N2S2. The maximum absolute atomic E-state index is 4.84. The number of hydrogen-bond donors (Lipinski definition) is 1. The van der Waals surface area contributed by atoms with Crippen molar-refractivity contribution in [2.75, 3.05) is 18.0 Å². The summed E-state index contributed by atoms with van der Waals surface area (Å²) in [6, 6.07) is 0. The van der Waals surface area contributed by atoms with Crippen LogP contribution in [0.5, 0.6) is 0 Å². The summed E-state index contributed by atoms with van der Waals surface area (Å²) in [6.45, 7) is 6.79. The average molecular weight is 270 g/mol. The van der Waals surface area contributed by atoms with Gasteiger partial charge in [-0.3, -0.25) is 0 Å². The molecule has 1 aromatic heterocycles. The second-order valence-electron chi connectivity index (χ2n) is 5.02. The summed E-state index contributed by atoms with van der Waals surface area (Å²) in [5.74, 6) is 1.33. The number of thiazole rings is 1. The molecule has 2 nitrogen and oxygen atoms in total. The van der Waals surface area contributed by atoms with Crippen molar-refractivity contribution in [1.82, 2.24) is 4.98 Å². The van der Waals surface area contributed by atoms with Crippen LogP contribution in [0.25, 0.3) is 0 Å². The molecule has 0 aliphatic carbocycles. The normalized spacial score (nSPS) is 17.5. The third-order valence-corrected chi connectivity index (χ3v) is 4.95. The van der Waals surface area contributed by atoms with Gasteiger partial charge in [0.1, 0.15) is 0 Å². The Kier molecular flexibility index (Phi) is 4.74. The van der Waals surface area contributed by atoms with Crippen LogP contribution in [0, 0.1) is 0 Å². The van der Waals surface area contributed by atoms with Crippen LogP contribution in [0.1, 0.15) is 56.0 Å². The van der Waals surface area contributed by atoms with E-state index in [-0.39, 0.29) is 0 Å². The number of aromatic nitrogens is 1. The minimum absolute atomic E-state index is 0.508. The van der Waals surface area contributed by atoms with Crippen molar-refractivity contribution in [3.05, 3.63) is 10.6 Å². The molecule has 1 aromatic rings. The van der Waals surface area contributed by atoms with Gasteiger partial charge in [-0.2, -0.15) is 12.6 Å². The average Bonchev–Trinajstić information content (AvgIpc) is 2.57. The lowest BCUT2D eigenvalue weighted by Crippen LogP contribution is -2.23. The van der Waals surface area contributed by atoms with Crippen LogP contribution >= 0.6 is 24.0 Å². The zero-order valence-electron chi connectivity index (χ0n) is 10.8. The summed E-state index contributed by atoms with van der Waals surface area (Å²) in [5.41, 5.74) is 1.25. The van der Waals surface area contributed by atoms with E-state index in [4.69, 9.17) is 4.98 Å². The van der Waals surface area contributed by atoms with Crippen molar-refractivity contribution in [3.63, 3.8) is 0 Å². The van der Waals surface area contributed by atoms with Crippen molar-refractivity contribution in [3.8, 4) is 0 Å². The summed E-state index contributed by atoms with van der Waals surface area (Å²) in [6.07, 6.45) is 5.37. The summed E-state index contributed by atoms with van der Waals surface area (Å²) < 4.78 is 0. The van der Waals surface area contributed by atoms with Gasteiger partial charge in [-0.05, 0) is 18.8 Å². The number of hydrogen-bond acceptors (Lipinski definition) is 4. The molecule has 0 bridgehead atoms. The van der Waals surface area contributed by atoms with E-state index in [0.29, 0.717) is 5.92 Å². The van der Waals surface area contributed by atoms with Gasteiger partial charge < -0.3 is 4.90 Å². The fourth-order valence-electron chi connectivity index (χ4n) is 2.31. The number of anilines is 1. The number of nitrogens with zero attached hydrogens (tertiary/aromatic N) is 2. The van der Waals surface area contributed by atoms with E-state index in [1.807, 2.05) is 11.3 Å². The van der Waals surface area contributed by atoms with E-state index in [2.05, 4.69) is 31.4 Å². The molecule has 2 rings (SSSR count). The second-order valence-corrected chi connectivity index (χ2v) is 6.40. The van der Waals surface area contributed by atoms with Gasteiger partial charge >= 0.3 is 0 Å². The first-order valence-corrected chi connectivity index (χ1v) is 8.02. The quantitative estimate of drug-likeness (QED) is 0.833. The molecule has 1 saturated heterocycles. The first-order valence-electron chi connectivity index (χ1n) is 6.57. The van der Waals surface area contributed by atoms with Gasteiger partial charge in [-0.15, -0.1) is 11.3 Å². The molecule has 0 saturated carbocycles. The Morgan fingerprint density at radius 2 is 1.88 bits per heavy atom. The largest absolute Gasteiger partial charge is 0.348 e. The smallest absolute Gasteiger partial charge is 0.185 e. The Hall–Kier alpha value is -0.220. The lowest BCUT2D eigenvalue weighted by atomic mass is 10.1. The zero-order chi connectivity index (χ0) is 12.3. The Bertz CT molecular complexity index is 352. The van der Waals surface area contributed by atoms with Crippen molar-refractivity contribution in [1.29, 1.82) is 0 Å². The highest BCUT2D eigenvalue weighted by molar-refractivity contribution is 7.79. The molecule has 0 radical (unpaired) electrons. The fourth-order valence-corrected chi connectivity index (χ4v) is 3.79. The standard InChI is InChI=1S/C13H22N2S2/c1-10(2)12-11(9-16)17-13(14-12)15-7-5-3-4-6-8-15/h10,16H,3-9H2,1-2H3. The summed E-state index contributed by atoms with van der Waals surface area (Å²) in [5, 5.41) is 1.22. The minimum atomic E-state index is 0.508. The van der Waals surface area contributed by atoms with Crippen LogP contribution in [0.2, 0.25) is 0 Å². The molecule has 0 spiro atoms. The maximum atomic E-state index is 4.84. The minimum Gasteiger partial charge on any atom is -0.348 e. The van der Waals surface area contributed by atoms with Crippen LogP contribution in [0.4, 0.5) is 5.13 Å². The van der Waals surface area contributed by atoms with Crippen LogP contribution in [-0.2, 0) is 5.75 Å². The lowest BCUT2D eigenvalue weighted by Gasteiger charge is -2.18. The van der Waals surface area contributed by atoms with E-state index in [9.17, 15) is 0 Å².